The van der Waals surface area contributed by atoms with E-state index in [1.165, 1.54) is 105 Å². The standard InChI is InChI=1S/C46H59N5O2S/c1-6-9-11-13-15-17-19-21-23-50-40-28-36(32-48)35(31-47)27-39(40)49(8-3)43(50)29-37-45(52)38(46(37)53)30-44-51(24-22-20-18-16-14-12-10-7-2)41-25-33(4)34(5)26-42(41)54-44/h25-30H,6-24H2,1-5H3/p+1. The molecule has 1 N–H and O–H groups in total. The van der Waals surface area contributed by atoms with Crippen LogP contribution < -0.4 is 14.4 Å². The first kappa shape index (κ1) is 40.8. The molecule has 3 aromatic rings. The molecule has 2 heterocycles. The predicted molar refractivity (Wildman–Crippen MR) is 224 cm³/mol. The number of thiazole rings is 1. The van der Waals surface area contributed by atoms with Crippen molar-refractivity contribution in [2.45, 2.75) is 144 Å². The molecule has 0 spiro atoms. The van der Waals surface area contributed by atoms with Gasteiger partial charge >= 0.3 is 0 Å². The lowest BCUT2D eigenvalue weighted by Crippen LogP contribution is -2.36. The minimum atomic E-state index is -0.169. The molecule has 0 amide bonds. The lowest BCUT2D eigenvalue weighted by molar-refractivity contribution is -0.669. The Bertz CT molecular complexity index is 1990. The molecule has 0 fully saturated rings. The van der Waals surface area contributed by atoms with Crippen LogP contribution in [0.1, 0.15) is 151 Å². The van der Waals surface area contributed by atoms with Gasteiger partial charge in [0.1, 0.15) is 28.4 Å². The minimum absolute atomic E-state index is 0.0189. The molecule has 5 rings (SSSR count). The Labute approximate surface area is 327 Å². The Morgan fingerprint density at radius 3 is 1.81 bits per heavy atom. The molecule has 0 bridgehead atoms. The number of ketones is 1. The van der Waals surface area contributed by atoms with Crippen LogP contribution in [0.5, 0.6) is 0 Å². The molecule has 0 unspecified atom stereocenters. The minimum Gasteiger partial charge on any atom is -0.506 e. The summed E-state index contributed by atoms with van der Waals surface area (Å²) in [4.78, 5) is 18.2. The van der Waals surface area contributed by atoms with Gasteiger partial charge in [-0.3, -0.25) is 4.79 Å². The van der Waals surface area contributed by atoms with Crippen LogP contribution in [-0.4, -0.2) is 24.0 Å². The van der Waals surface area contributed by atoms with Crippen molar-refractivity contribution in [3.63, 3.8) is 0 Å². The van der Waals surface area contributed by atoms with E-state index in [4.69, 9.17) is 0 Å². The number of aliphatic hydroxyl groups is 1. The van der Waals surface area contributed by atoms with Crippen molar-refractivity contribution < 1.29 is 14.5 Å². The fraction of sp³-hybridized carbons (Fsp3) is 0.522. The average molecular weight is 747 g/mol. The molecular weight excluding hydrogens is 687 g/mol. The van der Waals surface area contributed by atoms with Crippen LogP contribution in [0, 0.1) is 36.5 Å². The van der Waals surface area contributed by atoms with Crippen molar-refractivity contribution in [1.82, 2.24) is 0 Å². The van der Waals surface area contributed by atoms with Gasteiger partial charge < -0.3 is 14.9 Å². The highest BCUT2D eigenvalue weighted by Crippen LogP contribution is 2.45. The molecule has 0 saturated carbocycles. The summed E-state index contributed by atoms with van der Waals surface area (Å²) in [5, 5.41) is 32.2. The molecule has 1 aliphatic heterocycles. The number of fused-ring (bicyclic) bond motifs is 2. The molecule has 1 aromatic heterocycles. The maximum Gasteiger partial charge on any atom is 0.263 e. The van der Waals surface area contributed by atoms with Crippen molar-refractivity contribution >= 4 is 44.8 Å². The van der Waals surface area contributed by atoms with Gasteiger partial charge in [0, 0.05) is 31.7 Å². The second kappa shape index (κ2) is 19.8. The second-order valence-electron chi connectivity index (χ2n) is 15.1. The summed E-state index contributed by atoms with van der Waals surface area (Å²) < 4.78 is 3.53. The van der Waals surface area contributed by atoms with Crippen LogP contribution in [0.15, 0.2) is 53.1 Å². The van der Waals surface area contributed by atoms with Gasteiger partial charge in [-0.25, -0.2) is 0 Å². The zero-order chi connectivity index (χ0) is 38.6. The smallest absolute Gasteiger partial charge is 0.263 e. The van der Waals surface area contributed by atoms with E-state index in [9.17, 15) is 20.4 Å². The van der Waals surface area contributed by atoms with E-state index >= 15 is 0 Å². The molecule has 54 heavy (non-hydrogen) atoms. The maximum atomic E-state index is 13.9. The zero-order valence-corrected chi connectivity index (χ0v) is 34.2. The summed E-state index contributed by atoms with van der Waals surface area (Å²) in [6.07, 6.45) is 23.2. The molecule has 7 nitrogen and oxygen atoms in total. The van der Waals surface area contributed by atoms with E-state index in [0.29, 0.717) is 35.4 Å². The van der Waals surface area contributed by atoms with Crippen molar-refractivity contribution in [2.75, 3.05) is 22.9 Å². The topological polar surface area (TPSA) is 95.2 Å². The van der Waals surface area contributed by atoms with Crippen LogP contribution >= 0.6 is 11.3 Å². The van der Waals surface area contributed by atoms with Gasteiger partial charge in [-0.1, -0.05) is 109 Å². The molecule has 1 aliphatic carbocycles. The second-order valence-corrected chi connectivity index (χ2v) is 16.2. The molecule has 2 aromatic carbocycles. The molecule has 286 valence electrons. The van der Waals surface area contributed by atoms with Crippen LogP contribution in [0.2, 0.25) is 0 Å². The number of anilines is 2. The number of rotatable bonds is 21. The Morgan fingerprint density at radius 2 is 1.26 bits per heavy atom. The Balaban J connectivity index is 1.42. The Morgan fingerprint density at radius 1 is 0.722 bits per heavy atom. The number of benzene rings is 2. The van der Waals surface area contributed by atoms with E-state index in [0.717, 1.165) is 48.0 Å². The van der Waals surface area contributed by atoms with E-state index in [2.05, 4.69) is 66.3 Å². The number of allylic oxidation sites excluding steroid dienone is 3. The fourth-order valence-corrected chi connectivity index (χ4v) is 8.98. The number of carbonyl (C=O) groups excluding carboxylic acids is 1. The Kier molecular flexibility index (Phi) is 14.9. The highest BCUT2D eigenvalue weighted by Gasteiger charge is 2.38. The Hall–Kier alpha value is -4.40. The lowest BCUT2D eigenvalue weighted by Gasteiger charge is -2.27. The van der Waals surface area contributed by atoms with E-state index in [1.807, 2.05) is 19.1 Å². The number of nitriles is 2. The third kappa shape index (κ3) is 9.27. The van der Waals surface area contributed by atoms with Crippen LogP contribution in [0.3, 0.4) is 0 Å². The van der Waals surface area contributed by atoms with Crippen LogP contribution in [0.25, 0.3) is 16.3 Å². The summed E-state index contributed by atoms with van der Waals surface area (Å²) in [5.41, 5.74) is 6.71. The third-order valence-corrected chi connectivity index (χ3v) is 12.3. The van der Waals surface area contributed by atoms with Gasteiger partial charge in [0.2, 0.25) is 11.3 Å². The van der Waals surface area contributed by atoms with Crippen molar-refractivity contribution in [1.29, 1.82) is 10.5 Å². The van der Waals surface area contributed by atoms with Crippen molar-refractivity contribution in [3.05, 3.63) is 80.3 Å². The molecule has 0 atom stereocenters. The van der Waals surface area contributed by atoms with Crippen LogP contribution in [-0.2, 0) is 11.3 Å². The lowest BCUT2D eigenvalue weighted by atomic mass is 9.87. The SMILES string of the molecule is CCCCCCCCCCN1/C(=C\C2=C(O)C(=C\c3sc4cc(C)c(C)cc4[n+]3CCCCCCCCCC)/C2=O)N(CC)c2cc(C#N)c(C#N)cc21. The zero-order valence-electron chi connectivity index (χ0n) is 33.4. The normalized spacial score (nSPS) is 15.4. The van der Waals surface area contributed by atoms with Crippen molar-refractivity contribution in [3.8, 4) is 12.1 Å². The first-order chi connectivity index (χ1) is 26.3. The highest BCUT2D eigenvalue weighted by molar-refractivity contribution is 7.18. The monoisotopic (exact) mass is 746 g/mol. The van der Waals surface area contributed by atoms with Gasteiger partial charge in [0.05, 0.1) is 33.6 Å². The first-order valence-electron chi connectivity index (χ1n) is 20.7. The third-order valence-electron chi connectivity index (χ3n) is 11.2. The number of aliphatic hydroxyl groups excluding tert-OH is 1. The molecule has 0 saturated heterocycles. The largest absolute Gasteiger partial charge is 0.506 e. The van der Waals surface area contributed by atoms with Gasteiger partial charge in [0.25, 0.3) is 5.01 Å². The number of aromatic nitrogens is 1. The summed E-state index contributed by atoms with van der Waals surface area (Å²) in [6.45, 7) is 13.0. The number of aryl methyl sites for hydroxylation is 3. The summed E-state index contributed by atoms with van der Waals surface area (Å²) in [6, 6.07) is 12.5. The number of hydrogen-bond donors (Lipinski definition) is 1. The fourth-order valence-electron chi connectivity index (χ4n) is 7.77. The summed E-state index contributed by atoms with van der Waals surface area (Å²) in [7, 11) is 0. The number of carbonyl (C=O) groups is 1. The van der Waals surface area contributed by atoms with Gasteiger partial charge in [-0.2, -0.15) is 15.1 Å². The van der Waals surface area contributed by atoms with E-state index < -0.39 is 0 Å². The first-order valence-corrected chi connectivity index (χ1v) is 21.5. The van der Waals surface area contributed by atoms with E-state index in [1.54, 1.807) is 23.5 Å². The number of Topliss-reactive ketones (excluding diaryl/α,β-unsaturated/α-hetero) is 1. The van der Waals surface area contributed by atoms with Crippen molar-refractivity contribution in [2.24, 2.45) is 0 Å². The van der Waals surface area contributed by atoms with Gasteiger partial charge in [0.15, 0.2) is 6.54 Å². The van der Waals surface area contributed by atoms with Gasteiger partial charge in [-0.15, -0.1) is 0 Å². The average Bonchev–Trinajstić information content (AvgIpc) is 3.66. The molecule has 8 heteroatoms. The quantitative estimate of drug-likeness (QED) is 0.0662. The van der Waals surface area contributed by atoms with Crippen LogP contribution in [0.4, 0.5) is 11.4 Å². The number of hydrogen-bond acceptors (Lipinski definition) is 7. The molecule has 2 aliphatic rings. The summed E-state index contributed by atoms with van der Waals surface area (Å²) >= 11 is 1.68. The number of unbranched alkanes of at least 4 members (excludes halogenated alkanes) is 14. The highest BCUT2D eigenvalue weighted by atomic mass is 32.1. The van der Waals surface area contributed by atoms with Gasteiger partial charge in [-0.05, 0) is 69.0 Å². The maximum absolute atomic E-state index is 13.9. The molecular formula is C46H60N5O2S+. The summed E-state index contributed by atoms with van der Waals surface area (Å²) in [5.74, 6) is 0.643. The van der Waals surface area contributed by atoms with E-state index in [-0.39, 0.29) is 11.5 Å². The molecule has 0 radical (unpaired) electrons. The number of nitrogens with zero attached hydrogens (tertiary/aromatic N) is 5. The predicted octanol–water partition coefficient (Wildman–Crippen LogP) is 11.8.